The van der Waals surface area contributed by atoms with Gasteiger partial charge in [-0.15, -0.1) is 0 Å². The van der Waals surface area contributed by atoms with Crippen molar-refractivity contribution in [2.24, 2.45) is 0 Å². The summed E-state index contributed by atoms with van der Waals surface area (Å²) in [5.74, 6) is -1.07. The molecule has 0 amide bonds. The van der Waals surface area contributed by atoms with Crippen LogP contribution in [-0.4, -0.2) is 11.1 Å². The standard InChI is InChI=1S/C13H12BrNO3/c1-8-2-3-10(6-11(8)14)15-7-9-4-5-18-12(9)13(16)17/h2-6,15H,7H2,1H3,(H,16,17). The third-order valence-electron chi connectivity index (χ3n) is 2.60. The van der Waals surface area contributed by atoms with Gasteiger partial charge in [-0.25, -0.2) is 4.79 Å². The largest absolute Gasteiger partial charge is 0.475 e. The van der Waals surface area contributed by atoms with Gasteiger partial charge in [-0.05, 0) is 30.7 Å². The van der Waals surface area contributed by atoms with Crippen LogP contribution in [0.2, 0.25) is 0 Å². The van der Waals surface area contributed by atoms with Crippen molar-refractivity contribution in [3.8, 4) is 0 Å². The molecule has 2 rings (SSSR count). The van der Waals surface area contributed by atoms with Gasteiger partial charge in [0.15, 0.2) is 0 Å². The summed E-state index contributed by atoms with van der Waals surface area (Å²) in [4.78, 5) is 10.9. The molecule has 5 heteroatoms. The molecule has 2 N–H and O–H groups in total. The Bertz CT molecular complexity index is 577. The third-order valence-corrected chi connectivity index (χ3v) is 3.45. The number of benzene rings is 1. The van der Waals surface area contributed by atoms with Crippen molar-refractivity contribution in [1.82, 2.24) is 0 Å². The molecule has 0 aliphatic heterocycles. The van der Waals surface area contributed by atoms with Gasteiger partial charge in [-0.1, -0.05) is 22.0 Å². The van der Waals surface area contributed by atoms with Gasteiger partial charge in [0.2, 0.25) is 5.76 Å². The van der Waals surface area contributed by atoms with E-state index in [1.165, 1.54) is 6.26 Å². The SMILES string of the molecule is Cc1ccc(NCc2ccoc2C(=O)O)cc1Br. The van der Waals surface area contributed by atoms with E-state index < -0.39 is 5.97 Å². The average molecular weight is 310 g/mol. The van der Waals surface area contributed by atoms with Crippen LogP contribution in [0, 0.1) is 6.92 Å². The number of aromatic carboxylic acids is 1. The van der Waals surface area contributed by atoms with Crippen LogP contribution in [0.5, 0.6) is 0 Å². The van der Waals surface area contributed by atoms with Crippen LogP contribution in [0.15, 0.2) is 39.4 Å². The van der Waals surface area contributed by atoms with Crippen LogP contribution in [0.3, 0.4) is 0 Å². The highest BCUT2D eigenvalue weighted by atomic mass is 79.9. The van der Waals surface area contributed by atoms with E-state index in [2.05, 4.69) is 21.2 Å². The summed E-state index contributed by atoms with van der Waals surface area (Å²) in [6.07, 6.45) is 1.38. The molecule has 4 nitrogen and oxygen atoms in total. The fourth-order valence-electron chi connectivity index (χ4n) is 1.56. The third kappa shape index (κ3) is 2.73. The van der Waals surface area contributed by atoms with E-state index in [-0.39, 0.29) is 5.76 Å². The molecule has 0 atom stereocenters. The van der Waals surface area contributed by atoms with Crippen LogP contribution in [0.1, 0.15) is 21.7 Å². The number of hydrogen-bond donors (Lipinski definition) is 2. The molecular formula is C13H12BrNO3. The first kappa shape index (κ1) is 12.7. The van der Waals surface area contributed by atoms with Crippen LogP contribution in [0.25, 0.3) is 0 Å². The summed E-state index contributed by atoms with van der Waals surface area (Å²) in [5, 5.41) is 12.1. The number of nitrogens with one attached hydrogen (secondary N) is 1. The summed E-state index contributed by atoms with van der Waals surface area (Å²) >= 11 is 3.45. The summed E-state index contributed by atoms with van der Waals surface area (Å²) in [5.41, 5.74) is 2.69. The number of aryl methyl sites for hydroxylation is 1. The zero-order valence-corrected chi connectivity index (χ0v) is 11.3. The van der Waals surface area contributed by atoms with Crippen molar-refractivity contribution < 1.29 is 14.3 Å². The maximum absolute atomic E-state index is 10.9. The van der Waals surface area contributed by atoms with E-state index in [0.717, 1.165) is 15.7 Å². The minimum Gasteiger partial charge on any atom is -0.475 e. The van der Waals surface area contributed by atoms with E-state index in [4.69, 9.17) is 9.52 Å². The summed E-state index contributed by atoms with van der Waals surface area (Å²) < 4.78 is 5.92. The molecule has 0 saturated carbocycles. The number of carboxylic acid groups (broad SMARTS) is 1. The van der Waals surface area contributed by atoms with E-state index in [9.17, 15) is 4.79 Å². The van der Waals surface area contributed by atoms with E-state index in [1.54, 1.807) is 6.07 Å². The molecule has 0 bridgehead atoms. The van der Waals surface area contributed by atoms with Crippen molar-refractivity contribution in [2.45, 2.75) is 13.5 Å². The van der Waals surface area contributed by atoms with Crippen LogP contribution in [0.4, 0.5) is 5.69 Å². The first-order valence-corrected chi connectivity index (χ1v) is 6.17. The molecule has 0 spiro atoms. The second-order valence-corrected chi connectivity index (χ2v) is 4.75. The fourth-order valence-corrected chi connectivity index (χ4v) is 1.94. The zero-order valence-electron chi connectivity index (χ0n) is 9.74. The fraction of sp³-hybridized carbons (Fsp3) is 0.154. The molecule has 0 aliphatic rings. The van der Waals surface area contributed by atoms with Crippen molar-refractivity contribution >= 4 is 27.6 Å². The van der Waals surface area contributed by atoms with Gasteiger partial charge in [0.05, 0.1) is 6.26 Å². The highest BCUT2D eigenvalue weighted by molar-refractivity contribution is 9.10. The Labute approximate surface area is 113 Å². The monoisotopic (exact) mass is 309 g/mol. The summed E-state index contributed by atoms with van der Waals surface area (Å²) in [6.45, 7) is 2.42. The Morgan fingerprint density at radius 3 is 2.89 bits per heavy atom. The molecule has 0 saturated heterocycles. The van der Waals surface area contributed by atoms with Gasteiger partial charge in [0.1, 0.15) is 0 Å². The number of carboxylic acids is 1. The smallest absolute Gasteiger partial charge is 0.372 e. The normalized spacial score (nSPS) is 10.3. The Morgan fingerprint density at radius 1 is 1.44 bits per heavy atom. The molecule has 0 unspecified atom stereocenters. The first-order chi connectivity index (χ1) is 8.58. The maximum atomic E-state index is 10.9. The maximum Gasteiger partial charge on any atom is 0.372 e. The van der Waals surface area contributed by atoms with Crippen molar-refractivity contribution in [1.29, 1.82) is 0 Å². The molecule has 18 heavy (non-hydrogen) atoms. The quantitative estimate of drug-likeness (QED) is 0.904. The van der Waals surface area contributed by atoms with Crippen molar-refractivity contribution in [3.05, 3.63) is 51.9 Å². The number of rotatable bonds is 4. The Balaban J connectivity index is 2.09. The van der Waals surface area contributed by atoms with Crippen molar-refractivity contribution in [3.63, 3.8) is 0 Å². The highest BCUT2D eigenvalue weighted by Gasteiger charge is 2.13. The minimum atomic E-state index is -1.05. The lowest BCUT2D eigenvalue weighted by atomic mass is 10.2. The Kier molecular flexibility index (Phi) is 3.72. The molecule has 1 aromatic carbocycles. The zero-order chi connectivity index (χ0) is 13.1. The van der Waals surface area contributed by atoms with Crippen LogP contribution >= 0.6 is 15.9 Å². The van der Waals surface area contributed by atoms with Crippen molar-refractivity contribution in [2.75, 3.05) is 5.32 Å². The number of hydrogen-bond acceptors (Lipinski definition) is 3. The second-order valence-electron chi connectivity index (χ2n) is 3.90. The second kappa shape index (κ2) is 5.27. The first-order valence-electron chi connectivity index (χ1n) is 5.37. The predicted molar refractivity (Wildman–Crippen MR) is 71.9 cm³/mol. The molecule has 1 heterocycles. The van der Waals surface area contributed by atoms with Gasteiger partial charge >= 0.3 is 5.97 Å². The van der Waals surface area contributed by atoms with Gasteiger partial charge in [0.25, 0.3) is 0 Å². The van der Waals surface area contributed by atoms with Crippen LogP contribution < -0.4 is 5.32 Å². The van der Waals surface area contributed by atoms with E-state index in [1.807, 2.05) is 25.1 Å². The lowest BCUT2D eigenvalue weighted by molar-refractivity contribution is 0.0661. The van der Waals surface area contributed by atoms with Gasteiger partial charge < -0.3 is 14.8 Å². The Morgan fingerprint density at radius 2 is 2.22 bits per heavy atom. The van der Waals surface area contributed by atoms with Gasteiger partial charge in [-0.2, -0.15) is 0 Å². The average Bonchev–Trinajstić information content (AvgIpc) is 2.79. The van der Waals surface area contributed by atoms with Gasteiger partial charge in [-0.3, -0.25) is 0 Å². The lowest BCUT2D eigenvalue weighted by Crippen LogP contribution is -2.04. The number of anilines is 1. The molecule has 0 aliphatic carbocycles. The van der Waals surface area contributed by atoms with Gasteiger partial charge in [0, 0.05) is 22.3 Å². The lowest BCUT2D eigenvalue weighted by Gasteiger charge is -2.07. The number of furan rings is 1. The molecular weight excluding hydrogens is 298 g/mol. The molecule has 0 fully saturated rings. The van der Waals surface area contributed by atoms with E-state index in [0.29, 0.717) is 12.1 Å². The molecule has 0 radical (unpaired) electrons. The highest BCUT2D eigenvalue weighted by Crippen LogP contribution is 2.21. The molecule has 1 aromatic heterocycles. The summed E-state index contributed by atoms with van der Waals surface area (Å²) in [7, 11) is 0. The summed E-state index contributed by atoms with van der Waals surface area (Å²) in [6, 6.07) is 7.54. The number of halogens is 1. The minimum absolute atomic E-state index is 0.0197. The van der Waals surface area contributed by atoms with Crippen LogP contribution in [-0.2, 0) is 6.54 Å². The predicted octanol–water partition coefficient (Wildman–Crippen LogP) is 3.66. The molecule has 94 valence electrons. The molecule has 2 aromatic rings. The van der Waals surface area contributed by atoms with E-state index >= 15 is 0 Å². The number of carbonyl (C=O) groups is 1. The Hall–Kier alpha value is -1.75. The topological polar surface area (TPSA) is 62.5 Å².